The first-order valence-electron chi connectivity index (χ1n) is 7.54. The molecule has 21 heavy (non-hydrogen) atoms. The first kappa shape index (κ1) is 16.0. The van der Waals surface area contributed by atoms with E-state index < -0.39 is 5.97 Å². The quantitative estimate of drug-likeness (QED) is 0.907. The molecule has 5 heteroatoms. The average molecular weight is 309 g/mol. The molecule has 1 aliphatic carbocycles. The van der Waals surface area contributed by atoms with Crippen LogP contribution in [-0.2, 0) is 16.1 Å². The molecule has 1 saturated carbocycles. The number of carboxylic acid groups (broad SMARTS) is 1. The molecule has 0 aromatic carbocycles. The number of carboxylic acids is 1. The summed E-state index contributed by atoms with van der Waals surface area (Å²) >= 11 is 1.65. The van der Waals surface area contributed by atoms with Crippen LogP contribution >= 0.6 is 11.3 Å². The molecule has 4 nitrogen and oxygen atoms in total. The van der Waals surface area contributed by atoms with Gasteiger partial charge < -0.3 is 10.0 Å². The van der Waals surface area contributed by atoms with Gasteiger partial charge in [0.05, 0.1) is 12.5 Å². The van der Waals surface area contributed by atoms with Gasteiger partial charge in [-0.3, -0.25) is 9.59 Å². The molecule has 1 aromatic rings. The lowest BCUT2D eigenvalue weighted by atomic mass is 9.80. The molecule has 0 radical (unpaired) electrons. The van der Waals surface area contributed by atoms with E-state index in [2.05, 4.69) is 0 Å². The second-order valence-corrected chi connectivity index (χ2v) is 7.07. The van der Waals surface area contributed by atoms with Gasteiger partial charge in [-0.05, 0) is 44.6 Å². The molecule has 116 valence electrons. The van der Waals surface area contributed by atoms with Crippen molar-refractivity contribution in [2.45, 2.75) is 52.1 Å². The predicted octanol–water partition coefficient (Wildman–Crippen LogP) is 3.38. The molecule has 0 bridgehead atoms. The van der Waals surface area contributed by atoms with Crippen LogP contribution in [0.15, 0.2) is 17.5 Å². The van der Waals surface area contributed by atoms with Crippen molar-refractivity contribution in [3.63, 3.8) is 0 Å². The topological polar surface area (TPSA) is 57.6 Å². The third-order valence-electron chi connectivity index (χ3n) is 4.19. The van der Waals surface area contributed by atoms with Gasteiger partial charge in [-0.15, -0.1) is 11.3 Å². The molecule has 1 N–H and O–H groups in total. The van der Waals surface area contributed by atoms with Crippen LogP contribution in [0.2, 0.25) is 0 Å². The van der Waals surface area contributed by atoms with Crippen LogP contribution in [0.5, 0.6) is 0 Å². The summed E-state index contributed by atoms with van der Waals surface area (Å²) in [5.41, 5.74) is 0. The molecule has 2 atom stereocenters. The Hall–Kier alpha value is -1.36. The van der Waals surface area contributed by atoms with Crippen molar-refractivity contribution in [1.29, 1.82) is 0 Å². The summed E-state index contributed by atoms with van der Waals surface area (Å²) in [7, 11) is 0. The highest BCUT2D eigenvalue weighted by molar-refractivity contribution is 7.09. The van der Waals surface area contributed by atoms with Crippen LogP contribution in [0.4, 0.5) is 0 Å². The Balaban J connectivity index is 2.05. The van der Waals surface area contributed by atoms with Gasteiger partial charge >= 0.3 is 5.97 Å². The summed E-state index contributed by atoms with van der Waals surface area (Å²) in [4.78, 5) is 27.0. The van der Waals surface area contributed by atoms with E-state index in [-0.39, 0.29) is 23.8 Å². The number of carbonyl (C=O) groups excluding carboxylic acids is 1. The maximum Gasteiger partial charge on any atom is 0.306 e. The van der Waals surface area contributed by atoms with Crippen molar-refractivity contribution in [3.8, 4) is 0 Å². The molecule has 0 spiro atoms. The number of nitrogens with zero attached hydrogens (tertiary/aromatic N) is 1. The van der Waals surface area contributed by atoms with Gasteiger partial charge in [0.1, 0.15) is 0 Å². The molecule has 2 rings (SSSR count). The lowest BCUT2D eigenvalue weighted by Crippen LogP contribution is -2.42. The zero-order chi connectivity index (χ0) is 15.4. The van der Waals surface area contributed by atoms with Crippen LogP contribution in [0.3, 0.4) is 0 Å². The average Bonchev–Trinajstić information content (AvgIpc) is 2.97. The number of amides is 1. The fraction of sp³-hybridized carbons (Fsp3) is 0.625. The summed E-state index contributed by atoms with van der Waals surface area (Å²) < 4.78 is 0. The van der Waals surface area contributed by atoms with E-state index in [1.54, 1.807) is 11.3 Å². The highest BCUT2D eigenvalue weighted by atomic mass is 32.1. The van der Waals surface area contributed by atoms with Gasteiger partial charge in [-0.2, -0.15) is 0 Å². The van der Waals surface area contributed by atoms with Gasteiger partial charge in [0.15, 0.2) is 0 Å². The Morgan fingerprint density at radius 1 is 1.38 bits per heavy atom. The van der Waals surface area contributed by atoms with Crippen LogP contribution in [0, 0.1) is 11.8 Å². The van der Waals surface area contributed by atoms with E-state index in [4.69, 9.17) is 5.11 Å². The number of hydrogen-bond acceptors (Lipinski definition) is 3. The molecular formula is C16H23NO3S. The van der Waals surface area contributed by atoms with E-state index in [0.717, 1.165) is 12.8 Å². The van der Waals surface area contributed by atoms with E-state index in [1.165, 1.54) is 4.88 Å². The molecule has 1 fully saturated rings. The van der Waals surface area contributed by atoms with Crippen LogP contribution in [-0.4, -0.2) is 27.9 Å². The summed E-state index contributed by atoms with van der Waals surface area (Å²) in [6, 6.07) is 4.16. The Labute approximate surface area is 129 Å². The fourth-order valence-electron chi connectivity index (χ4n) is 2.96. The molecule has 1 aromatic heterocycles. The molecule has 0 saturated heterocycles. The Bertz CT molecular complexity index is 484. The first-order valence-corrected chi connectivity index (χ1v) is 8.42. The van der Waals surface area contributed by atoms with Crippen molar-refractivity contribution in [3.05, 3.63) is 22.4 Å². The van der Waals surface area contributed by atoms with E-state index in [9.17, 15) is 9.59 Å². The summed E-state index contributed by atoms with van der Waals surface area (Å²) in [6.07, 6.45) is 2.84. The second kappa shape index (κ2) is 7.07. The maximum absolute atomic E-state index is 12.8. The predicted molar refractivity (Wildman–Crippen MR) is 83.1 cm³/mol. The van der Waals surface area contributed by atoms with Crippen molar-refractivity contribution in [1.82, 2.24) is 4.90 Å². The minimum Gasteiger partial charge on any atom is -0.481 e. The summed E-state index contributed by atoms with van der Waals surface area (Å²) in [5, 5.41) is 11.2. The maximum atomic E-state index is 12.8. The standard InChI is InChI=1S/C16H23NO3S/c1-11(2)17(10-14-7-4-8-21-14)15(18)12-5-3-6-13(9-12)16(19)20/h4,7-8,11-13H,3,5-6,9-10H2,1-2H3,(H,19,20). The highest BCUT2D eigenvalue weighted by Gasteiger charge is 2.34. The molecule has 1 heterocycles. The minimum absolute atomic E-state index is 0.115. The monoisotopic (exact) mass is 309 g/mol. The lowest BCUT2D eigenvalue weighted by Gasteiger charge is -2.33. The normalized spacial score (nSPS) is 22.2. The SMILES string of the molecule is CC(C)N(Cc1cccs1)C(=O)C1CCCC(C(=O)O)C1. The Morgan fingerprint density at radius 3 is 2.67 bits per heavy atom. The smallest absolute Gasteiger partial charge is 0.306 e. The van der Waals surface area contributed by atoms with Crippen molar-refractivity contribution in [2.75, 3.05) is 0 Å². The van der Waals surface area contributed by atoms with Gasteiger partial charge in [-0.25, -0.2) is 0 Å². The van der Waals surface area contributed by atoms with E-state index in [1.807, 2.05) is 36.3 Å². The molecule has 1 aliphatic rings. The van der Waals surface area contributed by atoms with Crippen LogP contribution in [0.1, 0.15) is 44.4 Å². The zero-order valence-corrected chi connectivity index (χ0v) is 13.4. The second-order valence-electron chi connectivity index (χ2n) is 6.04. The molecule has 1 amide bonds. The summed E-state index contributed by atoms with van der Waals surface area (Å²) in [6.45, 7) is 4.66. The van der Waals surface area contributed by atoms with E-state index in [0.29, 0.717) is 19.4 Å². The van der Waals surface area contributed by atoms with E-state index >= 15 is 0 Å². The highest BCUT2D eigenvalue weighted by Crippen LogP contribution is 2.31. The Morgan fingerprint density at radius 2 is 2.10 bits per heavy atom. The number of hydrogen-bond donors (Lipinski definition) is 1. The molecular weight excluding hydrogens is 286 g/mol. The first-order chi connectivity index (χ1) is 9.99. The largest absolute Gasteiger partial charge is 0.481 e. The number of rotatable bonds is 5. The number of thiophene rings is 1. The number of aliphatic carboxylic acids is 1. The molecule has 2 unspecified atom stereocenters. The van der Waals surface area contributed by atoms with Crippen molar-refractivity contribution >= 4 is 23.2 Å². The third-order valence-corrected chi connectivity index (χ3v) is 5.05. The third kappa shape index (κ3) is 4.06. The fourth-order valence-corrected chi connectivity index (χ4v) is 3.66. The zero-order valence-electron chi connectivity index (χ0n) is 12.6. The summed E-state index contributed by atoms with van der Waals surface area (Å²) in [5.74, 6) is -1.14. The van der Waals surface area contributed by atoms with Gasteiger partial charge in [0.2, 0.25) is 5.91 Å². The Kier molecular flexibility index (Phi) is 5.39. The van der Waals surface area contributed by atoms with Crippen LogP contribution in [0.25, 0.3) is 0 Å². The van der Waals surface area contributed by atoms with Gasteiger partial charge in [0, 0.05) is 16.8 Å². The minimum atomic E-state index is -0.762. The van der Waals surface area contributed by atoms with Gasteiger partial charge in [0.25, 0.3) is 0 Å². The van der Waals surface area contributed by atoms with Gasteiger partial charge in [-0.1, -0.05) is 12.5 Å². The van der Waals surface area contributed by atoms with Crippen molar-refractivity contribution in [2.24, 2.45) is 11.8 Å². The van der Waals surface area contributed by atoms with Crippen LogP contribution < -0.4 is 0 Å². The number of carbonyl (C=O) groups is 2. The lowest BCUT2D eigenvalue weighted by molar-refractivity contribution is -0.146. The van der Waals surface area contributed by atoms with Crippen molar-refractivity contribution < 1.29 is 14.7 Å². The molecule has 0 aliphatic heterocycles.